The Morgan fingerprint density at radius 3 is 2.48 bits per heavy atom. The highest BCUT2D eigenvalue weighted by atomic mass is 16.7. The average Bonchev–Trinajstić information content (AvgIpc) is 2.74. The monoisotopic (exact) mass is 434 g/mol. The fourth-order valence-corrected chi connectivity index (χ4v) is 3.74. The van der Waals surface area contributed by atoms with Gasteiger partial charge >= 0.3 is 5.97 Å². The molecule has 6 atom stereocenters. The molecular formula is C21H22O10. The number of aliphatic hydroxyl groups is 3. The minimum absolute atomic E-state index is 0.0677. The number of aliphatic carboxylic acids is 1. The van der Waals surface area contributed by atoms with Gasteiger partial charge in [-0.15, -0.1) is 0 Å². The smallest absolute Gasteiger partial charge is 0.335 e. The molecule has 1 saturated heterocycles. The third kappa shape index (κ3) is 4.10. The van der Waals surface area contributed by atoms with Crippen LogP contribution in [0, 0.1) is 0 Å². The van der Waals surface area contributed by atoms with Crippen molar-refractivity contribution < 1.29 is 49.6 Å². The number of carboxylic acids is 1. The summed E-state index contributed by atoms with van der Waals surface area (Å²) in [7, 11) is 0. The molecule has 2 aliphatic heterocycles. The van der Waals surface area contributed by atoms with Crippen LogP contribution in [0.15, 0.2) is 36.4 Å². The Hall–Kier alpha value is -3.05. The Labute approximate surface area is 176 Å². The van der Waals surface area contributed by atoms with E-state index in [-0.39, 0.29) is 23.2 Å². The van der Waals surface area contributed by atoms with Gasteiger partial charge in [0.25, 0.3) is 0 Å². The molecule has 10 nitrogen and oxygen atoms in total. The molecule has 10 heteroatoms. The molecule has 0 spiro atoms. The second-order valence-electron chi connectivity index (χ2n) is 7.58. The van der Waals surface area contributed by atoms with Gasteiger partial charge in [-0.05, 0) is 35.7 Å². The highest BCUT2D eigenvalue weighted by molar-refractivity contribution is 5.73. The number of phenols is 2. The minimum atomic E-state index is -1.83. The quantitative estimate of drug-likeness (QED) is 0.388. The highest BCUT2D eigenvalue weighted by Crippen LogP contribution is 2.38. The van der Waals surface area contributed by atoms with Gasteiger partial charge in [0.15, 0.2) is 17.6 Å². The zero-order valence-corrected chi connectivity index (χ0v) is 16.2. The summed E-state index contributed by atoms with van der Waals surface area (Å²) in [6, 6.07) is 9.47. The molecule has 0 unspecified atom stereocenters. The van der Waals surface area contributed by atoms with Gasteiger partial charge in [-0.1, -0.05) is 12.1 Å². The number of aliphatic hydroxyl groups excluding tert-OH is 3. The number of rotatable bonds is 4. The molecule has 2 heterocycles. The van der Waals surface area contributed by atoms with Crippen molar-refractivity contribution in [1.82, 2.24) is 0 Å². The number of ether oxygens (including phenoxy) is 3. The molecule has 2 aromatic carbocycles. The van der Waals surface area contributed by atoms with Crippen molar-refractivity contribution in [2.24, 2.45) is 0 Å². The van der Waals surface area contributed by atoms with Crippen molar-refractivity contribution in [3.63, 3.8) is 0 Å². The minimum Gasteiger partial charge on any atom is -0.508 e. The second kappa shape index (κ2) is 8.23. The number of hydrogen-bond acceptors (Lipinski definition) is 9. The number of carbonyl (C=O) groups is 1. The van der Waals surface area contributed by atoms with Crippen LogP contribution in [0.5, 0.6) is 23.0 Å². The van der Waals surface area contributed by atoms with E-state index in [2.05, 4.69) is 0 Å². The van der Waals surface area contributed by atoms with E-state index in [1.54, 1.807) is 24.3 Å². The van der Waals surface area contributed by atoms with Crippen LogP contribution in [-0.4, -0.2) is 73.9 Å². The Morgan fingerprint density at radius 1 is 1.00 bits per heavy atom. The molecule has 0 aromatic heterocycles. The number of benzene rings is 2. The lowest BCUT2D eigenvalue weighted by Gasteiger charge is -2.38. The van der Waals surface area contributed by atoms with E-state index < -0.39 is 36.7 Å². The lowest BCUT2D eigenvalue weighted by Crippen LogP contribution is -2.61. The summed E-state index contributed by atoms with van der Waals surface area (Å²) in [6.45, 7) is 0.338. The van der Waals surface area contributed by atoms with Gasteiger partial charge in [0.05, 0.1) is 6.61 Å². The van der Waals surface area contributed by atoms with Crippen molar-refractivity contribution in [1.29, 1.82) is 0 Å². The predicted molar refractivity (Wildman–Crippen MR) is 103 cm³/mol. The first-order chi connectivity index (χ1) is 14.7. The van der Waals surface area contributed by atoms with Crippen LogP contribution in [0.3, 0.4) is 0 Å². The molecule has 1 fully saturated rings. The third-order valence-electron chi connectivity index (χ3n) is 5.47. The van der Waals surface area contributed by atoms with Crippen LogP contribution in [0.1, 0.15) is 17.0 Å². The molecular weight excluding hydrogens is 412 g/mol. The molecule has 0 saturated carbocycles. The maximum absolute atomic E-state index is 11.2. The zero-order valence-electron chi connectivity index (χ0n) is 16.2. The molecule has 0 radical (unpaired) electrons. The number of aromatic hydroxyl groups is 2. The van der Waals surface area contributed by atoms with Crippen LogP contribution >= 0.6 is 0 Å². The van der Waals surface area contributed by atoms with E-state index in [9.17, 15) is 30.3 Å². The van der Waals surface area contributed by atoms with Crippen LogP contribution in [-0.2, 0) is 16.0 Å². The molecule has 2 aromatic rings. The van der Waals surface area contributed by atoms with Crippen molar-refractivity contribution in [2.45, 2.75) is 43.0 Å². The first kappa shape index (κ1) is 21.2. The van der Waals surface area contributed by atoms with Crippen molar-refractivity contribution >= 4 is 5.97 Å². The lowest BCUT2D eigenvalue weighted by atomic mass is 9.90. The van der Waals surface area contributed by atoms with E-state index in [0.717, 1.165) is 11.1 Å². The van der Waals surface area contributed by atoms with E-state index in [1.165, 1.54) is 12.1 Å². The van der Waals surface area contributed by atoms with Crippen molar-refractivity contribution in [2.75, 3.05) is 6.61 Å². The van der Waals surface area contributed by atoms with Gasteiger partial charge in [-0.3, -0.25) is 0 Å². The van der Waals surface area contributed by atoms with Crippen LogP contribution < -0.4 is 9.47 Å². The summed E-state index contributed by atoms with van der Waals surface area (Å²) in [5.74, 6) is -1.25. The van der Waals surface area contributed by atoms with E-state index in [1.807, 2.05) is 0 Å². The summed E-state index contributed by atoms with van der Waals surface area (Å²) >= 11 is 0. The van der Waals surface area contributed by atoms with Crippen molar-refractivity contribution in [3.8, 4) is 23.0 Å². The fourth-order valence-electron chi connectivity index (χ4n) is 3.74. The maximum Gasteiger partial charge on any atom is 0.335 e. The summed E-state index contributed by atoms with van der Waals surface area (Å²) < 4.78 is 16.2. The average molecular weight is 434 g/mol. The molecule has 166 valence electrons. The SMILES string of the molecule is O=C(O)[C@H]1O[C@@H](Oc2ccc([C@H]3COc4cc(O)ccc4C3)cc2O)[C@H](O)[C@@H](O)[C@@H]1O. The largest absolute Gasteiger partial charge is 0.508 e. The molecule has 2 aliphatic rings. The van der Waals surface area contributed by atoms with Crippen LogP contribution in [0.4, 0.5) is 0 Å². The van der Waals surface area contributed by atoms with E-state index in [0.29, 0.717) is 18.8 Å². The number of hydrogen-bond donors (Lipinski definition) is 6. The molecule has 31 heavy (non-hydrogen) atoms. The van der Waals surface area contributed by atoms with Gasteiger partial charge in [0.1, 0.15) is 29.8 Å². The summed E-state index contributed by atoms with van der Waals surface area (Å²) in [4.78, 5) is 11.2. The summed E-state index contributed by atoms with van der Waals surface area (Å²) in [6.07, 6.45) is -8.16. The normalized spacial score (nSPS) is 30.2. The van der Waals surface area contributed by atoms with Gasteiger partial charge in [-0.25, -0.2) is 4.79 Å². The Morgan fingerprint density at radius 2 is 1.77 bits per heavy atom. The molecule has 4 rings (SSSR count). The third-order valence-corrected chi connectivity index (χ3v) is 5.47. The predicted octanol–water partition coefficient (Wildman–Crippen LogP) is 0.0875. The zero-order chi connectivity index (χ0) is 22.3. The number of fused-ring (bicyclic) bond motifs is 1. The molecule has 0 aliphatic carbocycles. The first-order valence-electron chi connectivity index (χ1n) is 9.61. The summed E-state index contributed by atoms with van der Waals surface area (Å²) in [5, 5.41) is 58.7. The standard InChI is InChI=1S/C21H22O10/c22-12-3-1-10-5-11(8-29-15(10)7-12)9-2-4-14(13(23)6-9)30-21-18(26)16(24)17(25)19(31-21)20(27)28/h1-4,6-7,11,16-19,21-26H,5,8H2,(H,27,28)/t11-,16+,17+,18-,19+,21-/m1/s1. The van der Waals surface area contributed by atoms with Gasteiger partial charge < -0.3 is 44.8 Å². The first-order valence-corrected chi connectivity index (χ1v) is 9.61. The molecule has 6 N–H and O–H groups in total. The molecule has 0 bridgehead atoms. The van der Waals surface area contributed by atoms with Crippen LogP contribution in [0.25, 0.3) is 0 Å². The van der Waals surface area contributed by atoms with Crippen LogP contribution in [0.2, 0.25) is 0 Å². The van der Waals surface area contributed by atoms with Crippen molar-refractivity contribution in [3.05, 3.63) is 47.5 Å². The lowest BCUT2D eigenvalue weighted by molar-refractivity contribution is -0.271. The molecule has 0 amide bonds. The van der Waals surface area contributed by atoms with Gasteiger partial charge in [0, 0.05) is 12.0 Å². The van der Waals surface area contributed by atoms with E-state index in [4.69, 9.17) is 19.3 Å². The van der Waals surface area contributed by atoms with Gasteiger partial charge in [0.2, 0.25) is 6.29 Å². The van der Waals surface area contributed by atoms with Gasteiger partial charge in [-0.2, -0.15) is 0 Å². The number of carboxylic acid groups (broad SMARTS) is 1. The Kier molecular flexibility index (Phi) is 5.63. The topological polar surface area (TPSA) is 166 Å². The highest BCUT2D eigenvalue weighted by Gasteiger charge is 2.48. The Bertz CT molecular complexity index is 977. The Balaban J connectivity index is 1.49. The fraction of sp³-hybridized carbons (Fsp3) is 0.381. The summed E-state index contributed by atoms with van der Waals surface area (Å²) in [5.41, 5.74) is 1.67. The number of phenolic OH excluding ortho intramolecular Hbond substituents is 2. The maximum atomic E-state index is 11.2. The second-order valence-corrected chi connectivity index (χ2v) is 7.58. The van der Waals surface area contributed by atoms with E-state index >= 15 is 0 Å².